The third-order valence-corrected chi connectivity index (χ3v) is 4.19. The Morgan fingerprint density at radius 1 is 1.14 bits per heavy atom. The van der Waals surface area contributed by atoms with Crippen molar-refractivity contribution in [2.45, 2.75) is 38.1 Å². The van der Waals surface area contributed by atoms with Crippen molar-refractivity contribution in [2.75, 3.05) is 5.32 Å². The number of primary amides is 1. The van der Waals surface area contributed by atoms with Crippen LogP contribution in [0.2, 0.25) is 0 Å². The van der Waals surface area contributed by atoms with Crippen LogP contribution >= 0.6 is 0 Å². The molecule has 148 valence electrons. The van der Waals surface area contributed by atoms with Crippen molar-refractivity contribution in [1.29, 1.82) is 0 Å². The van der Waals surface area contributed by atoms with Gasteiger partial charge in [0.1, 0.15) is 12.3 Å². The second kappa shape index (κ2) is 8.89. The van der Waals surface area contributed by atoms with Crippen molar-refractivity contribution in [2.24, 2.45) is 5.73 Å². The Balaban J connectivity index is 2.16. The monoisotopic (exact) mass is 389 g/mol. The lowest BCUT2D eigenvalue weighted by atomic mass is 10.1. The van der Waals surface area contributed by atoms with E-state index in [-0.39, 0.29) is 48.9 Å². The van der Waals surface area contributed by atoms with Crippen LogP contribution in [0.4, 0.5) is 5.69 Å². The molecule has 0 fully saturated rings. The number of carbonyl (C=O) groups is 6. The van der Waals surface area contributed by atoms with Crippen molar-refractivity contribution in [3.63, 3.8) is 0 Å². The van der Waals surface area contributed by atoms with Gasteiger partial charge in [0, 0.05) is 24.9 Å². The average Bonchev–Trinajstić information content (AvgIpc) is 2.86. The number of nitrogens with two attached hydrogens (primary N) is 1. The topological polar surface area (TPSA) is 164 Å². The molecule has 1 aliphatic rings. The summed E-state index contributed by atoms with van der Waals surface area (Å²) in [5, 5.41) is 11.1. The predicted molar refractivity (Wildman–Crippen MR) is 95.3 cm³/mol. The van der Waals surface area contributed by atoms with E-state index < -0.39 is 35.6 Å². The molecule has 10 heteroatoms. The summed E-state index contributed by atoms with van der Waals surface area (Å²) in [5.41, 5.74) is 5.60. The Hall–Kier alpha value is -3.56. The highest BCUT2D eigenvalue weighted by Crippen LogP contribution is 2.28. The first-order valence-corrected chi connectivity index (χ1v) is 8.52. The van der Waals surface area contributed by atoms with E-state index in [1.807, 2.05) is 0 Å². The minimum Gasteiger partial charge on any atom is -0.481 e. The molecule has 1 heterocycles. The molecule has 1 unspecified atom stereocenters. The number of benzene rings is 1. The lowest BCUT2D eigenvalue weighted by molar-refractivity contribution is -0.137. The first-order chi connectivity index (χ1) is 13.3. The molecule has 1 aromatic carbocycles. The normalized spacial score (nSPS) is 13.8. The minimum atomic E-state index is -1.24. The number of carboxylic acid groups (broad SMARTS) is 1. The molecule has 1 atom stereocenters. The van der Waals surface area contributed by atoms with Gasteiger partial charge >= 0.3 is 5.97 Å². The molecule has 1 aromatic rings. The van der Waals surface area contributed by atoms with Crippen molar-refractivity contribution >= 4 is 41.6 Å². The summed E-state index contributed by atoms with van der Waals surface area (Å²) in [6.45, 7) is 0. The van der Waals surface area contributed by atoms with Crippen LogP contribution in [0.5, 0.6) is 0 Å². The summed E-state index contributed by atoms with van der Waals surface area (Å²) in [5.74, 6) is -3.78. The van der Waals surface area contributed by atoms with E-state index in [4.69, 9.17) is 10.8 Å². The average molecular weight is 389 g/mol. The van der Waals surface area contributed by atoms with Crippen LogP contribution in [0.15, 0.2) is 18.2 Å². The van der Waals surface area contributed by atoms with E-state index in [1.165, 1.54) is 18.2 Å². The standard InChI is InChI=1S/C18H19N3O7/c19-16(26)13(3-2-8-22)21-17(27)11-7-6-10(9-12(11)18(21)28)20-14(23)4-1-5-15(24)25/h6-9,13H,1-5H2,(H2,19,26)(H,20,23)(H,24,25). The number of anilines is 1. The highest BCUT2D eigenvalue weighted by atomic mass is 16.4. The number of imide groups is 1. The van der Waals surface area contributed by atoms with Crippen LogP contribution in [0, 0.1) is 0 Å². The van der Waals surface area contributed by atoms with Gasteiger partial charge in [-0.15, -0.1) is 0 Å². The zero-order valence-corrected chi connectivity index (χ0v) is 14.8. The van der Waals surface area contributed by atoms with E-state index in [0.29, 0.717) is 6.29 Å². The number of hydrogen-bond acceptors (Lipinski definition) is 6. The quantitative estimate of drug-likeness (QED) is 0.383. The number of carbonyl (C=O) groups excluding carboxylic acids is 5. The third-order valence-electron chi connectivity index (χ3n) is 4.19. The molecule has 2 rings (SSSR count). The summed E-state index contributed by atoms with van der Waals surface area (Å²) in [6.07, 6.45) is 0.448. The molecule has 0 aliphatic carbocycles. The highest BCUT2D eigenvalue weighted by molar-refractivity contribution is 6.23. The van der Waals surface area contributed by atoms with Crippen molar-refractivity contribution < 1.29 is 33.9 Å². The Kier molecular flexibility index (Phi) is 6.59. The number of amides is 4. The molecule has 0 radical (unpaired) electrons. The van der Waals surface area contributed by atoms with Crippen molar-refractivity contribution in [3.05, 3.63) is 29.3 Å². The third kappa shape index (κ3) is 4.58. The fraction of sp³-hybridized carbons (Fsp3) is 0.333. The molecule has 4 N–H and O–H groups in total. The summed E-state index contributed by atoms with van der Waals surface area (Å²) in [4.78, 5) is 70.5. The predicted octanol–water partition coefficient (Wildman–Crippen LogP) is 0.309. The van der Waals surface area contributed by atoms with Gasteiger partial charge in [-0.25, -0.2) is 0 Å². The summed E-state index contributed by atoms with van der Waals surface area (Å²) in [6, 6.07) is 2.84. The maximum atomic E-state index is 12.6. The number of aldehydes is 1. The van der Waals surface area contributed by atoms with Gasteiger partial charge < -0.3 is 21.0 Å². The molecule has 1 aliphatic heterocycles. The molecule has 0 saturated heterocycles. The van der Waals surface area contributed by atoms with Crippen LogP contribution < -0.4 is 11.1 Å². The van der Waals surface area contributed by atoms with E-state index in [9.17, 15) is 28.8 Å². The van der Waals surface area contributed by atoms with E-state index in [1.54, 1.807) is 0 Å². The highest BCUT2D eigenvalue weighted by Gasteiger charge is 2.42. The maximum Gasteiger partial charge on any atom is 0.303 e. The minimum absolute atomic E-state index is 0.00527. The van der Waals surface area contributed by atoms with Gasteiger partial charge in [-0.1, -0.05) is 0 Å². The smallest absolute Gasteiger partial charge is 0.303 e. The summed E-state index contributed by atoms with van der Waals surface area (Å²) < 4.78 is 0. The Morgan fingerprint density at radius 2 is 1.82 bits per heavy atom. The Bertz CT molecular complexity index is 850. The molecular formula is C18H19N3O7. The van der Waals surface area contributed by atoms with Gasteiger partial charge in [0.25, 0.3) is 11.8 Å². The van der Waals surface area contributed by atoms with Crippen LogP contribution in [-0.4, -0.2) is 51.9 Å². The first-order valence-electron chi connectivity index (χ1n) is 8.52. The van der Waals surface area contributed by atoms with Gasteiger partial charge in [0.05, 0.1) is 11.1 Å². The SMILES string of the molecule is NC(=O)C(CCC=O)N1C(=O)c2ccc(NC(=O)CCCC(=O)O)cc2C1=O. The number of fused-ring (bicyclic) bond motifs is 1. The van der Waals surface area contributed by atoms with Crippen molar-refractivity contribution in [3.8, 4) is 0 Å². The zero-order chi connectivity index (χ0) is 20.8. The molecule has 28 heavy (non-hydrogen) atoms. The Morgan fingerprint density at radius 3 is 2.43 bits per heavy atom. The van der Waals surface area contributed by atoms with Gasteiger partial charge in [-0.2, -0.15) is 0 Å². The van der Waals surface area contributed by atoms with Gasteiger partial charge in [-0.3, -0.25) is 28.9 Å². The van der Waals surface area contributed by atoms with Crippen LogP contribution in [0.1, 0.15) is 52.8 Å². The molecule has 10 nitrogen and oxygen atoms in total. The van der Waals surface area contributed by atoms with Gasteiger partial charge in [-0.05, 0) is 31.0 Å². The fourth-order valence-corrected chi connectivity index (χ4v) is 2.87. The van der Waals surface area contributed by atoms with E-state index in [2.05, 4.69) is 5.32 Å². The number of hydrogen-bond donors (Lipinski definition) is 3. The van der Waals surface area contributed by atoms with Crippen LogP contribution in [0.25, 0.3) is 0 Å². The second-order valence-electron chi connectivity index (χ2n) is 6.20. The van der Waals surface area contributed by atoms with Gasteiger partial charge in [0.2, 0.25) is 11.8 Å². The maximum absolute atomic E-state index is 12.6. The first kappa shape index (κ1) is 20.7. The molecule has 0 bridgehead atoms. The number of nitrogens with one attached hydrogen (secondary N) is 1. The lowest BCUT2D eigenvalue weighted by Crippen LogP contribution is -2.47. The summed E-state index contributed by atoms with van der Waals surface area (Å²) >= 11 is 0. The molecule has 0 aromatic heterocycles. The Labute approximate surface area is 159 Å². The van der Waals surface area contributed by atoms with Gasteiger partial charge in [0.15, 0.2) is 0 Å². The lowest BCUT2D eigenvalue weighted by Gasteiger charge is -2.22. The fourth-order valence-electron chi connectivity index (χ4n) is 2.87. The van der Waals surface area contributed by atoms with E-state index >= 15 is 0 Å². The number of carboxylic acids is 1. The van der Waals surface area contributed by atoms with Crippen molar-refractivity contribution in [1.82, 2.24) is 4.90 Å². The number of nitrogens with zero attached hydrogens (tertiary/aromatic N) is 1. The molecule has 0 spiro atoms. The molecule has 4 amide bonds. The molecule has 0 saturated carbocycles. The van der Waals surface area contributed by atoms with Crippen LogP contribution in [0.3, 0.4) is 0 Å². The zero-order valence-electron chi connectivity index (χ0n) is 14.8. The van der Waals surface area contributed by atoms with Crippen LogP contribution in [-0.2, 0) is 19.2 Å². The van der Waals surface area contributed by atoms with E-state index in [0.717, 1.165) is 4.90 Å². The summed E-state index contributed by atoms with van der Waals surface area (Å²) in [7, 11) is 0. The number of aliphatic carboxylic acids is 1. The largest absolute Gasteiger partial charge is 0.481 e. The number of rotatable bonds is 10. The second-order valence-corrected chi connectivity index (χ2v) is 6.20. The molecular weight excluding hydrogens is 370 g/mol.